The van der Waals surface area contributed by atoms with Crippen molar-refractivity contribution >= 4 is 11.6 Å². The molecule has 0 spiro atoms. The summed E-state index contributed by atoms with van der Waals surface area (Å²) in [7, 11) is 0. The second-order valence-corrected chi connectivity index (χ2v) is 5.83. The van der Waals surface area contributed by atoms with Gasteiger partial charge in [0.25, 0.3) is 0 Å². The third-order valence-electron chi connectivity index (χ3n) is 4.90. The van der Waals surface area contributed by atoms with E-state index in [1.807, 2.05) is 12.1 Å². The lowest BCUT2D eigenvalue weighted by molar-refractivity contribution is 0.0210. The summed E-state index contributed by atoms with van der Waals surface area (Å²) in [5, 5.41) is 4.49. The lowest BCUT2D eigenvalue weighted by atomic mass is 9.52. The Morgan fingerprint density at radius 3 is 2.28 bits per heavy atom. The fraction of sp³-hybridized carbons (Fsp3) is 0.625. The Kier molecular flexibility index (Phi) is 4.34. The van der Waals surface area contributed by atoms with Gasteiger partial charge in [0.1, 0.15) is 0 Å². The summed E-state index contributed by atoms with van der Waals surface area (Å²) in [4.78, 5) is 0. The maximum Gasteiger partial charge on any atom is 0.0406 e. The fourth-order valence-electron chi connectivity index (χ4n) is 3.72. The van der Waals surface area contributed by atoms with Gasteiger partial charge in [0.15, 0.2) is 0 Å². The third kappa shape index (κ3) is 2.19. The van der Waals surface area contributed by atoms with Gasteiger partial charge in [-0.25, -0.2) is 0 Å². The van der Waals surface area contributed by atoms with E-state index in [0.717, 1.165) is 11.6 Å². The van der Waals surface area contributed by atoms with Gasteiger partial charge in [-0.3, -0.25) is 0 Å². The normalized spacial score (nSPS) is 25.8. The Bertz CT molecular complexity index is 381. The van der Waals surface area contributed by atoms with Crippen LogP contribution < -0.4 is 5.32 Å². The molecule has 0 heterocycles. The van der Waals surface area contributed by atoms with E-state index >= 15 is 0 Å². The highest BCUT2D eigenvalue weighted by molar-refractivity contribution is 6.30. The number of halogens is 1. The zero-order valence-corrected chi connectivity index (χ0v) is 12.4. The quantitative estimate of drug-likeness (QED) is 0.820. The molecule has 100 valence electrons. The zero-order chi connectivity index (χ0) is 13.2. The van der Waals surface area contributed by atoms with Crippen LogP contribution in [0.1, 0.15) is 51.5 Å². The van der Waals surface area contributed by atoms with Crippen LogP contribution in [-0.2, 0) is 0 Å². The molecule has 2 unspecified atom stereocenters. The van der Waals surface area contributed by atoms with E-state index in [9.17, 15) is 0 Å². The first kappa shape index (κ1) is 13.9. The molecule has 1 nitrogen and oxygen atoms in total. The Morgan fingerprint density at radius 1 is 1.17 bits per heavy atom. The smallest absolute Gasteiger partial charge is 0.0406 e. The van der Waals surface area contributed by atoms with Gasteiger partial charge in [0.2, 0.25) is 0 Å². The summed E-state index contributed by atoms with van der Waals surface area (Å²) < 4.78 is 0. The Labute approximate surface area is 116 Å². The molecule has 1 aromatic carbocycles. The molecule has 2 atom stereocenters. The van der Waals surface area contributed by atoms with Crippen molar-refractivity contribution in [3.63, 3.8) is 0 Å². The molecule has 0 amide bonds. The molecule has 0 saturated heterocycles. The fourth-order valence-corrected chi connectivity index (χ4v) is 3.85. The molecule has 1 fully saturated rings. The van der Waals surface area contributed by atoms with Gasteiger partial charge in [-0.15, -0.1) is 0 Å². The number of benzene rings is 1. The SMILES string of the molecule is CCNC1CC(c2ccc(Cl)cc2)C1(CC)CC. The standard InChI is InChI=1S/C16H24ClN/c1-4-16(5-2)14(11-15(16)18-6-3)12-7-9-13(17)10-8-12/h7-10,14-15,18H,4-6,11H2,1-3H3. The van der Waals surface area contributed by atoms with Gasteiger partial charge in [-0.1, -0.05) is 44.5 Å². The number of rotatable bonds is 5. The summed E-state index contributed by atoms with van der Waals surface area (Å²) in [5.41, 5.74) is 1.89. The predicted octanol–water partition coefficient (Wildman–Crippen LogP) is 4.61. The molecule has 0 radical (unpaired) electrons. The van der Waals surface area contributed by atoms with Gasteiger partial charge >= 0.3 is 0 Å². The molecule has 18 heavy (non-hydrogen) atoms. The summed E-state index contributed by atoms with van der Waals surface area (Å²) in [5.74, 6) is 0.689. The topological polar surface area (TPSA) is 12.0 Å². The first-order valence-electron chi connectivity index (χ1n) is 7.16. The van der Waals surface area contributed by atoms with E-state index in [1.54, 1.807) is 0 Å². The minimum atomic E-state index is 0.434. The summed E-state index contributed by atoms with van der Waals surface area (Å²) in [6, 6.07) is 9.13. The summed E-state index contributed by atoms with van der Waals surface area (Å²) >= 11 is 5.98. The second kappa shape index (κ2) is 5.63. The van der Waals surface area contributed by atoms with Crippen LogP contribution in [0.4, 0.5) is 0 Å². The molecule has 0 aliphatic heterocycles. The van der Waals surface area contributed by atoms with Crippen molar-refractivity contribution in [3.05, 3.63) is 34.9 Å². The van der Waals surface area contributed by atoms with Gasteiger partial charge in [0.05, 0.1) is 0 Å². The minimum Gasteiger partial charge on any atom is -0.314 e. The molecular formula is C16H24ClN. The first-order valence-corrected chi connectivity index (χ1v) is 7.54. The highest BCUT2D eigenvalue weighted by atomic mass is 35.5. The van der Waals surface area contributed by atoms with Crippen LogP contribution in [0.25, 0.3) is 0 Å². The van der Waals surface area contributed by atoms with Crippen molar-refractivity contribution in [1.82, 2.24) is 5.32 Å². The lowest BCUT2D eigenvalue weighted by Gasteiger charge is -2.56. The number of nitrogens with one attached hydrogen (secondary N) is 1. The Balaban J connectivity index is 2.21. The highest BCUT2D eigenvalue weighted by Gasteiger charge is 2.52. The molecule has 1 aliphatic rings. The van der Waals surface area contributed by atoms with Crippen molar-refractivity contribution in [1.29, 1.82) is 0 Å². The second-order valence-electron chi connectivity index (χ2n) is 5.39. The summed E-state index contributed by atoms with van der Waals surface area (Å²) in [6.45, 7) is 7.93. The predicted molar refractivity (Wildman–Crippen MR) is 79.3 cm³/mol. The van der Waals surface area contributed by atoms with Crippen LogP contribution in [0.15, 0.2) is 24.3 Å². The van der Waals surface area contributed by atoms with Crippen LogP contribution in [0.2, 0.25) is 5.02 Å². The molecule has 0 bridgehead atoms. The zero-order valence-electron chi connectivity index (χ0n) is 11.7. The minimum absolute atomic E-state index is 0.434. The van der Waals surface area contributed by atoms with E-state index in [-0.39, 0.29) is 0 Å². The molecule has 2 rings (SSSR count). The Hall–Kier alpha value is -0.530. The molecule has 1 aromatic rings. The van der Waals surface area contributed by atoms with E-state index in [1.165, 1.54) is 24.8 Å². The number of hydrogen-bond acceptors (Lipinski definition) is 1. The van der Waals surface area contributed by atoms with Gasteiger partial charge in [-0.2, -0.15) is 0 Å². The maximum absolute atomic E-state index is 5.98. The number of hydrogen-bond donors (Lipinski definition) is 1. The van der Waals surface area contributed by atoms with Crippen molar-refractivity contribution in [3.8, 4) is 0 Å². The van der Waals surface area contributed by atoms with Crippen molar-refractivity contribution in [2.24, 2.45) is 5.41 Å². The first-order chi connectivity index (χ1) is 8.67. The van der Waals surface area contributed by atoms with Crippen LogP contribution in [0.5, 0.6) is 0 Å². The van der Waals surface area contributed by atoms with E-state index in [2.05, 4.69) is 38.2 Å². The van der Waals surface area contributed by atoms with Crippen LogP contribution in [0.3, 0.4) is 0 Å². The molecule has 0 aromatic heterocycles. The van der Waals surface area contributed by atoms with Crippen LogP contribution >= 0.6 is 11.6 Å². The lowest BCUT2D eigenvalue weighted by Crippen LogP contribution is -2.58. The van der Waals surface area contributed by atoms with Gasteiger partial charge in [0, 0.05) is 11.1 Å². The molecule has 2 heteroatoms. The third-order valence-corrected chi connectivity index (χ3v) is 5.15. The molecule has 1 aliphatic carbocycles. The maximum atomic E-state index is 5.98. The summed E-state index contributed by atoms with van der Waals surface area (Å²) in [6.07, 6.45) is 3.75. The van der Waals surface area contributed by atoms with Crippen molar-refractivity contribution in [2.75, 3.05) is 6.54 Å². The average molecular weight is 266 g/mol. The van der Waals surface area contributed by atoms with Crippen molar-refractivity contribution < 1.29 is 0 Å². The average Bonchev–Trinajstić information content (AvgIpc) is 2.37. The monoisotopic (exact) mass is 265 g/mol. The largest absolute Gasteiger partial charge is 0.314 e. The van der Waals surface area contributed by atoms with Gasteiger partial charge in [-0.05, 0) is 54.8 Å². The van der Waals surface area contributed by atoms with Crippen LogP contribution in [0, 0.1) is 5.41 Å². The van der Waals surface area contributed by atoms with Crippen molar-refractivity contribution in [2.45, 2.75) is 52.0 Å². The van der Waals surface area contributed by atoms with E-state index in [4.69, 9.17) is 11.6 Å². The van der Waals surface area contributed by atoms with E-state index in [0.29, 0.717) is 17.4 Å². The van der Waals surface area contributed by atoms with E-state index < -0.39 is 0 Å². The van der Waals surface area contributed by atoms with Gasteiger partial charge < -0.3 is 5.32 Å². The molecule has 1 saturated carbocycles. The Morgan fingerprint density at radius 2 is 1.78 bits per heavy atom. The molecular weight excluding hydrogens is 242 g/mol. The highest BCUT2D eigenvalue weighted by Crippen LogP contribution is 2.57. The molecule has 1 N–H and O–H groups in total. The van der Waals surface area contributed by atoms with Crippen LogP contribution in [-0.4, -0.2) is 12.6 Å².